The first kappa shape index (κ1) is 18.9. The van der Waals surface area contributed by atoms with Gasteiger partial charge >= 0.3 is 5.97 Å². The molecule has 0 saturated carbocycles. The van der Waals surface area contributed by atoms with E-state index in [0.29, 0.717) is 11.5 Å². The highest BCUT2D eigenvalue weighted by molar-refractivity contribution is 5.71. The molecule has 1 aliphatic heterocycles. The number of methoxy groups -OCH3 is 1. The molecule has 1 heterocycles. The smallest absolute Gasteiger partial charge is 0.308 e. The molecular formula is C23H25NO3. The lowest BCUT2D eigenvalue weighted by molar-refractivity contribution is -0.132. The summed E-state index contributed by atoms with van der Waals surface area (Å²) in [4.78, 5) is 13.5. The fraction of sp³-hybridized carbons (Fsp3) is 0.261. The Labute approximate surface area is 160 Å². The van der Waals surface area contributed by atoms with Gasteiger partial charge in [0.1, 0.15) is 0 Å². The Morgan fingerprint density at radius 3 is 2.63 bits per heavy atom. The molecule has 140 valence electrons. The molecule has 4 heteroatoms. The summed E-state index contributed by atoms with van der Waals surface area (Å²) in [6.07, 6.45) is 7.62. The molecule has 3 rings (SSSR count). The number of rotatable bonds is 6. The molecule has 0 N–H and O–H groups in total. The number of carbonyl (C=O) groups is 1. The minimum atomic E-state index is -0.357. The van der Waals surface area contributed by atoms with E-state index in [4.69, 9.17) is 9.47 Å². The zero-order chi connectivity index (χ0) is 19.1. The van der Waals surface area contributed by atoms with E-state index in [9.17, 15) is 4.79 Å². The number of hydrogen-bond acceptors (Lipinski definition) is 4. The molecular weight excluding hydrogens is 338 g/mol. The van der Waals surface area contributed by atoms with Gasteiger partial charge in [-0.2, -0.15) is 0 Å². The van der Waals surface area contributed by atoms with E-state index in [2.05, 4.69) is 53.5 Å². The molecule has 27 heavy (non-hydrogen) atoms. The standard InChI is InChI=1S/C23H25NO3/c1-18(25)27-22-11-10-19(17-23(22)26-2)7-6-14-24-15-12-21(13-16-24)20-8-4-3-5-9-20/h3-12,17H,13-16H2,1-2H3/b7-6-. The van der Waals surface area contributed by atoms with Crippen LogP contribution in [-0.4, -0.2) is 37.6 Å². The Morgan fingerprint density at radius 1 is 1.15 bits per heavy atom. The van der Waals surface area contributed by atoms with Crippen molar-refractivity contribution in [1.29, 1.82) is 0 Å². The number of ether oxygens (including phenoxy) is 2. The maximum atomic E-state index is 11.1. The summed E-state index contributed by atoms with van der Waals surface area (Å²) in [5, 5.41) is 0. The maximum Gasteiger partial charge on any atom is 0.308 e. The van der Waals surface area contributed by atoms with Gasteiger partial charge in [-0.15, -0.1) is 0 Å². The third kappa shape index (κ3) is 5.31. The zero-order valence-corrected chi connectivity index (χ0v) is 15.9. The molecule has 2 aromatic rings. The van der Waals surface area contributed by atoms with Crippen LogP contribution in [0.3, 0.4) is 0 Å². The van der Waals surface area contributed by atoms with Crippen molar-refractivity contribution in [2.45, 2.75) is 13.3 Å². The predicted molar refractivity (Wildman–Crippen MR) is 109 cm³/mol. The summed E-state index contributed by atoms with van der Waals surface area (Å²) in [5.74, 6) is 0.641. The zero-order valence-electron chi connectivity index (χ0n) is 15.9. The molecule has 0 aromatic heterocycles. The maximum absolute atomic E-state index is 11.1. The number of nitrogens with zero attached hydrogens (tertiary/aromatic N) is 1. The van der Waals surface area contributed by atoms with Gasteiger partial charge in [0, 0.05) is 26.6 Å². The van der Waals surface area contributed by atoms with Gasteiger partial charge < -0.3 is 9.47 Å². The quantitative estimate of drug-likeness (QED) is 0.562. The summed E-state index contributed by atoms with van der Waals surface area (Å²) in [6, 6.07) is 16.1. The Balaban J connectivity index is 1.57. The van der Waals surface area contributed by atoms with Crippen LogP contribution in [0.15, 0.2) is 60.7 Å². The Hall–Kier alpha value is -2.85. The first-order valence-corrected chi connectivity index (χ1v) is 9.15. The first-order chi connectivity index (χ1) is 13.2. The number of esters is 1. The first-order valence-electron chi connectivity index (χ1n) is 9.15. The van der Waals surface area contributed by atoms with E-state index in [1.807, 2.05) is 12.1 Å². The second-order valence-corrected chi connectivity index (χ2v) is 6.51. The molecule has 0 saturated heterocycles. The third-order valence-electron chi connectivity index (χ3n) is 4.55. The van der Waals surface area contributed by atoms with Crippen LogP contribution in [0.25, 0.3) is 11.6 Å². The Kier molecular flexibility index (Phi) is 6.44. The van der Waals surface area contributed by atoms with Gasteiger partial charge in [-0.3, -0.25) is 9.69 Å². The van der Waals surface area contributed by atoms with Crippen molar-refractivity contribution in [2.24, 2.45) is 0 Å². The SMILES string of the molecule is COc1cc(/C=C\CN2CC=C(c3ccccc3)CC2)ccc1OC(C)=O. The molecule has 0 amide bonds. The van der Waals surface area contributed by atoms with Gasteiger partial charge in [0.15, 0.2) is 11.5 Å². The van der Waals surface area contributed by atoms with E-state index in [0.717, 1.165) is 31.6 Å². The van der Waals surface area contributed by atoms with Crippen molar-refractivity contribution in [3.8, 4) is 11.5 Å². The predicted octanol–water partition coefficient (Wildman–Crippen LogP) is 4.42. The van der Waals surface area contributed by atoms with Crippen LogP contribution in [0.5, 0.6) is 11.5 Å². The van der Waals surface area contributed by atoms with Crippen molar-refractivity contribution < 1.29 is 14.3 Å². The van der Waals surface area contributed by atoms with Crippen molar-refractivity contribution in [3.05, 3.63) is 71.8 Å². The van der Waals surface area contributed by atoms with Crippen LogP contribution in [0.2, 0.25) is 0 Å². The molecule has 0 radical (unpaired) electrons. The molecule has 1 aliphatic rings. The highest BCUT2D eigenvalue weighted by Gasteiger charge is 2.11. The van der Waals surface area contributed by atoms with Gasteiger partial charge in [-0.25, -0.2) is 0 Å². The van der Waals surface area contributed by atoms with Crippen LogP contribution in [0.4, 0.5) is 0 Å². The topological polar surface area (TPSA) is 38.8 Å². The molecule has 0 aliphatic carbocycles. The Morgan fingerprint density at radius 2 is 1.96 bits per heavy atom. The molecule has 4 nitrogen and oxygen atoms in total. The van der Waals surface area contributed by atoms with Crippen LogP contribution in [0.1, 0.15) is 24.5 Å². The van der Waals surface area contributed by atoms with E-state index in [1.54, 1.807) is 13.2 Å². The summed E-state index contributed by atoms with van der Waals surface area (Å²) >= 11 is 0. The average molecular weight is 363 g/mol. The number of hydrogen-bond donors (Lipinski definition) is 0. The van der Waals surface area contributed by atoms with Crippen LogP contribution >= 0.6 is 0 Å². The normalized spacial score (nSPS) is 14.8. The van der Waals surface area contributed by atoms with Crippen LogP contribution < -0.4 is 9.47 Å². The van der Waals surface area contributed by atoms with Crippen molar-refractivity contribution in [3.63, 3.8) is 0 Å². The van der Waals surface area contributed by atoms with E-state index in [1.165, 1.54) is 18.1 Å². The highest BCUT2D eigenvalue weighted by Crippen LogP contribution is 2.28. The highest BCUT2D eigenvalue weighted by atomic mass is 16.6. The lowest BCUT2D eigenvalue weighted by atomic mass is 10.00. The van der Waals surface area contributed by atoms with Crippen molar-refractivity contribution in [1.82, 2.24) is 4.90 Å². The van der Waals surface area contributed by atoms with Gasteiger partial charge in [-0.05, 0) is 35.3 Å². The third-order valence-corrected chi connectivity index (χ3v) is 4.55. The molecule has 2 aromatic carbocycles. The summed E-state index contributed by atoms with van der Waals surface area (Å²) in [5.41, 5.74) is 3.77. The van der Waals surface area contributed by atoms with Gasteiger partial charge in [-0.1, -0.05) is 54.6 Å². The second kappa shape index (κ2) is 9.19. The minimum Gasteiger partial charge on any atom is -0.493 e. The summed E-state index contributed by atoms with van der Waals surface area (Å²) < 4.78 is 10.4. The van der Waals surface area contributed by atoms with E-state index >= 15 is 0 Å². The lowest BCUT2D eigenvalue weighted by Crippen LogP contribution is -2.28. The molecule has 0 unspecified atom stereocenters. The average Bonchev–Trinajstić information content (AvgIpc) is 2.70. The van der Waals surface area contributed by atoms with E-state index in [-0.39, 0.29) is 5.97 Å². The monoisotopic (exact) mass is 363 g/mol. The minimum absolute atomic E-state index is 0.357. The summed E-state index contributed by atoms with van der Waals surface area (Å²) in [6.45, 7) is 4.29. The van der Waals surface area contributed by atoms with Gasteiger partial charge in [0.2, 0.25) is 0 Å². The number of carbonyl (C=O) groups excluding carboxylic acids is 1. The molecule has 0 fully saturated rings. The number of benzene rings is 2. The fourth-order valence-electron chi connectivity index (χ4n) is 3.16. The second-order valence-electron chi connectivity index (χ2n) is 6.51. The van der Waals surface area contributed by atoms with Crippen LogP contribution in [0, 0.1) is 0 Å². The Bertz CT molecular complexity index is 840. The summed E-state index contributed by atoms with van der Waals surface area (Å²) in [7, 11) is 1.57. The molecule has 0 spiro atoms. The van der Waals surface area contributed by atoms with Crippen molar-refractivity contribution >= 4 is 17.6 Å². The molecule has 0 atom stereocenters. The largest absolute Gasteiger partial charge is 0.493 e. The van der Waals surface area contributed by atoms with Gasteiger partial charge in [0.25, 0.3) is 0 Å². The van der Waals surface area contributed by atoms with E-state index < -0.39 is 0 Å². The fourth-order valence-corrected chi connectivity index (χ4v) is 3.16. The van der Waals surface area contributed by atoms with Crippen LogP contribution in [-0.2, 0) is 4.79 Å². The van der Waals surface area contributed by atoms with Crippen molar-refractivity contribution in [2.75, 3.05) is 26.7 Å². The molecule has 0 bridgehead atoms. The lowest BCUT2D eigenvalue weighted by Gasteiger charge is -2.25. The van der Waals surface area contributed by atoms with Gasteiger partial charge in [0.05, 0.1) is 7.11 Å².